The van der Waals surface area contributed by atoms with Crippen molar-refractivity contribution < 1.29 is 4.52 Å². The number of fused-ring (bicyclic) bond motifs is 1. The third kappa shape index (κ3) is 2.91. The van der Waals surface area contributed by atoms with Crippen molar-refractivity contribution >= 4 is 23.4 Å². The van der Waals surface area contributed by atoms with Crippen LogP contribution in [0.2, 0.25) is 0 Å². The van der Waals surface area contributed by atoms with E-state index in [0.717, 1.165) is 48.0 Å². The first-order chi connectivity index (χ1) is 11.5. The second-order valence-corrected chi connectivity index (χ2v) is 7.00. The molecule has 3 aromatic rings. The van der Waals surface area contributed by atoms with E-state index in [2.05, 4.69) is 29.1 Å². The zero-order chi connectivity index (χ0) is 16.9. The van der Waals surface area contributed by atoms with Gasteiger partial charge in [-0.25, -0.2) is 9.67 Å². The monoisotopic (exact) mass is 362 g/mol. The van der Waals surface area contributed by atoms with E-state index in [9.17, 15) is 0 Å². The van der Waals surface area contributed by atoms with E-state index in [-0.39, 0.29) is 18.4 Å². The molecular formula is C17H23ClN6O. The molecule has 1 saturated carbocycles. The molecule has 0 unspecified atom stereocenters. The average molecular weight is 363 g/mol. The Morgan fingerprint density at radius 2 is 1.96 bits per heavy atom. The van der Waals surface area contributed by atoms with Crippen LogP contribution in [0.15, 0.2) is 16.8 Å². The van der Waals surface area contributed by atoms with E-state index in [1.54, 1.807) is 0 Å². The molecule has 2 N–H and O–H groups in total. The number of halogens is 1. The topological polar surface area (TPSA) is 95.7 Å². The van der Waals surface area contributed by atoms with Crippen molar-refractivity contribution in [2.75, 3.05) is 0 Å². The highest BCUT2D eigenvalue weighted by Crippen LogP contribution is 2.36. The molecule has 1 aliphatic rings. The lowest BCUT2D eigenvalue weighted by Crippen LogP contribution is -2.34. The number of aryl methyl sites for hydroxylation is 1. The highest BCUT2D eigenvalue weighted by atomic mass is 35.5. The van der Waals surface area contributed by atoms with Crippen molar-refractivity contribution in [2.24, 2.45) is 5.73 Å². The Kier molecular flexibility index (Phi) is 4.55. The summed E-state index contributed by atoms with van der Waals surface area (Å²) in [6, 6.07) is 2.27. The fourth-order valence-electron chi connectivity index (χ4n) is 3.42. The van der Waals surface area contributed by atoms with E-state index in [1.807, 2.05) is 23.9 Å². The number of rotatable bonds is 3. The molecule has 8 heteroatoms. The van der Waals surface area contributed by atoms with Crippen molar-refractivity contribution in [3.05, 3.63) is 23.8 Å². The smallest absolute Gasteiger partial charge is 0.259 e. The van der Waals surface area contributed by atoms with Gasteiger partial charge in [0, 0.05) is 11.4 Å². The van der Waals surface area contributed by atoms with Gasteiger partial charge in [-0.2, -0.15) is 10.1 Å². The van der Waals surface area contributed by atoms with E-state index >= 15 is 0 Å². The maximum atomic E-state index is 6.42. The normalized spacial score (nSPS) is 16.5. The van der Waals surface area contributed by atoms with Gasteiger partial charge in [0.2, 0.25) is 0 Å². The Morgan fingerprint density at radius 1 is 1.24 bits per heavy atom. The number of hydrogen-bond donors (Lipinski definition) is 1. The minimum absolute atomic E-state index is 0. The third-order valence-corrected chi connectivity index (χ3v) is 4.85. The SMILES string of the molecule is Cc1nc2c(cnn2C(C)C)cc1-c1nc(C2(N)CCCC2)no1.Cl. The molecule has 0 bridgehead atoms. The first-order valence-corrected chi connectivity index (χ1v) is 8.46. The number of nitrogens with two attached hydrogens (primary N) is 1. The predicted octanol–water partition coefficient (Wildman–Crippen LogP) is 3.52. The molecule has 1 fully saturated rings. The van der Waals surface area contributed by atoms with Crippen LogP contribution in [-0.4, -0.2) is 24.9 Å². The highest BCUT2D eigenvalue weighted by Gasteiger charge is 2.36. The maximum absolute atomic E-state index is 6.42. The van der Waals surface area contributed by atoms with Gasteiger partial charge in [0.1, 0.15) is 0 Å². The Balaban J connectivity index is 0.00000182. The second kappa shape index (κ2) is 6.38. The Labute approximate surface area is 152 Å². The summed E-state index contributed by atoms with van der Waals surface area (Å²) < 4.78 is 7.42. The van der Waals surface area contributed by atoms with Gasteiger partial charge >= 0.3 is 0 Å². The van der Waals surface area contributed by atoms with Crippen LogP contribution in [0.5, 0.6) is 0 Å². The first kappa shape index (κ1) is 17.8. The van der Waals surface area contributed by atoms with Crippen LogP contribution in [0.4, 0.5) is 0 Å². The van der Waals surface area contributed by atoms with Gasteiger partial charge in [0.05, 0.1) is 23.0 Å². The van der Waals surface area contributed by atoms with E-state index in [4.69, 9.17) is 15.2 Å². The minimum atomic E-state index is -0.449. The number of pyridine rings is 1. The van der Waals surface area contributed by atoms with Crippen LogP contribution in [0, 0.1) is 6.92 Å². The van der Waals surface area contributed by atoms with Gasteiger partial charge in [0.25, 0.3) is 5.89 Å². The molecule has 0 aliphatic heterocycles. The molecule has 0 saturated heterocycles. The minimum Gasteiger partial charge on any atom is -0.334 e. The lowest BCUT2D eigenvalue weighted by Gasteiger charge is -2.17. The lowest BCUT2D eigenvalue weighted by atomic mass is 9.98. The van der Waals surface area contributed by atoms with Gasteiger partial charge in [-0.1, -0.05) is 18.0 Å². The standard InChI is InChI=1S/C17H22N6O.ClH/c1-10(2)23-14-12(9-19-23)8-13(11(3)20-14)15-21-16(22-24-15)17(18)6-4-5-7-17;/h8-10H,4-7,18H2,1-3H3;1H. The lowest BCUT2D eigenvalue weighted by molar-refractivity contribution is 0.372. The van der Waals surface area contributed by atoms with Crippen LogP contribution in [0.3, 0.4) is 0 Å². The zero-order valence-corrected chi connectivity index (χ0v) is 15.5. The van der Waals surface area contributed by atoms with Crippen LogP contribution in [-0.2, 0) is 5.54 Å². The fourth-order valence-corrected chi connectivity index (χ4v) is 3.42. The summed E-state index contributed by atoms with van der Waals surface area (Å²) in [5.74, 6) is 1.08. The summed E-state index contributed by atoms with van der Waals surface area (Å²) in [5, 5.41) is 9.52. The molecule has 4 rings (SSSR count). The van der Waals surface area contributed by atoms with E-state index in [0.29, 0.717) is 11.7 Å². The largest absolute Gasteiger partial charge is 0.334 e. The van der Waals surface area contributed by atoms with Gasteiger partial charge in [-0.3, -0.25) is 0 Å². The summed E-state index contributed by atoms with van der Waals surface area (Å²) in [6.07, 6.45) is 5.86. The Hall–Kier alpha value is -1.99. The van der Waals surface area contributed by atoms with Crippen molar-refractivity contribution in [2.45, 2.75) is 58.0 Å². The molecule has 134 valence electrons. The highest BCUT2D eigenvalue weighted by molar-refractivity contribution is 5.85. The van der Waals surface area contributed by atoms with Gasteiger partial charge < -0.3 is 10.3 Å². The summed E-state index contributed by atoms with van der Waals surface area (Å²) in [6.45, 7) is 6.12. The van der Waals surface area contributed by atoms with Gasteiger partial charge in [-0.05, 0) is 39.7 Å². The average Bonchev–Trinajstić information content (AvgIpc) is 3.24. The Bertz CT molecular complexity index is 894. The molecule has 0 aromatic carbocycles. The number of hydrogen-bond acceptors (Lipinski definition) is 6. The molecular weight excluding hydrogens is 340 g/mol. The molecule has 7 nitrogen and oxygen atoms in total. The van der Waals surface area contributed by atoms with Crippen LogP contribution >= 0.6 is 12.4 Å². The first-order valence-electron chi connectivity index (χ1n) is 8.46. The zero-order valence-electron chi connectivity index (χ0n) is 14.7. The van der Waals surface area contributed by atoms with E-state index < -0.39 is 5.54 Å². The molecule has 3 heterocycles. The summed E-state index contributed by atoms with van der Waals surface area (Å²) >= 11 is 0. The molecule has 1 aliphatic carbocycles. The quantitative estimate of drug-likeness (QED) is 0.765. The van der Waals surface area contributed by atoms with Crippen LogP contribution in [0.25, 0.3) is 22.5 Å². The van der Waals surface area contributed by atoms with Crippen molar-refractivity contribution in [3.8, 4) is 11.5 Å². The summed E-state index contributed by atoms with van der Waals surface area (Å²) in [4.78, 5) is 9.27. The summed E-state index contributed by atoms with van der Waals surface area (Å²) in [7, 11) is 0. The predicted molar refractivity (Wildman–Crippen MR) is 97.5 cm³/mol. The molecule has 0 atom stereocenters. The molecule has 3 aromatic heterocycles. The van der Waals surface area contributed by atoms with Crippen molar-refractivity contribution in [1.82, 2.24) is 24.9 Å². The maximum Gasteiger partial charge on any atom is 0.259 e. The molecule has 25 heavy (non-hydrogen) atoms. The van der Waals surface area contributed by atoms with E-state index in [1.165, 1.54) is 0 Å². The van der Waals surface area contributed by atoms with Crippen molar-refractivity contribution in [1.29, 1.82) is 0 Å². The van der Waals surface area contributed by atoms with Crippen molar-refractivity contribution in [3.63, 3.8) is 0 Å². The number of aromatic nitrogens is 5. The fraction of sp³-hybridized carbons (Fsp3) is 0.529. The van der Waals surface area contributed by atoms with Crippen LogP contribution < -0.4 is 5.73 Å². The van der Waals surface area contributed by atoms with Gasteiger partial charge in [0.15, 0.2) is 11.5 Å². The Morgan fingerprint density at radius 3 is 2.64 bits per heavy atom. The third-order valence-electron chi connectivity index (χ3n) is 4.85. The summed E-state index contributed by atoms with van der Waals surface area (Å²) in [5.41, 5.74) is 8.53. The molecule has 0 amide bonds. The molecule has 0 spiro atoms. The number of nitrogens with zero attached hydrogens (tertiary/aromatic N) is 5. The second-order valence-electron chi connectivity index (χ2n) is 7.00. The molecule has 0 radical (unpaired) electrons. The van der Waals surface area contributed by atoms with Crippen LogP contribution in [0.1, 0.15) is 57.1 Å². The van der Waals surface area contributed by atoms with Gasteiger partial charge in [-0.15, -0.1) is 12.4 Å².